The summed E-state index contributed by atoms with van der Waals surface area (Å²) in [5, 5.41) is 9.66. The maximum absolute atomic E-state index is 12.4. The normalized spacial score (nSPS) is 19.9. The molecule has 1 saturated heterocycles. The van der Waals surface area contributed by atoms with Crippen LogP contribution in [-0.2, 0) is 4.74 Å². The number of carbonyl (C=O) groups is 1. The highest BCUT2D eigenvalue weighted by Crippen LogP contribution is 2.23. The second-order valence-corrected chi connectivity index (χ2v) is 5.36. The van der Waals surface area contributed by atoms with Crippen LogP contribution in [0, 0.1) is 0 Å². The number of benzene rings is 1. The molecule has 18 heavy (non-hydrogen) atoms. The van der Waals surface area contributed by atoms with Crippen molar-refractivity contribution in [3.63, 3.8) is 0 Å². The molecule has 1 atom stereocenters. The molecule has 0 radical (unpaired) electrons. The van der Waals surface area contributed by atoms with E-state index in [4.69, 9.17) is 16.3 Å². The van der Waals surface area contributed by atoms with Crippen molar-refractivity contribution in [2.24, 2.45) is 0 Å². The van der Waals surface area contributed by atoms with Crippen molar-refractivity contribution in [3.05, 3.63) is 33.3 Å². The van der Waals surface area contributed by atoms with Crippen LogP contribution < -0.4 is 0 Å². The first-order valence-electron chi connectivity index (χ1n) is 5.58. The molecule has 0 bridgehead atoms. The molecule has 1 heterocycles. The Bertz CT molecular complexity index is 455. The Kier molecular flexibility index (Phi) is 4.61. The zero-order valence-corrected chi connectivity index (χ0v) is 11.9. The SMILES string of the molecule is O=C(c1ccc(Br)cc1Cl)N1CCOCC1CO. The van der Waals surface area contributed by atoms with E-state index in [-0.39, 0.29) is 18.6 Å². The van der Waals surface area contributed by atoms with Gasteiger partial charge >= 0.3 is 0 Å². The van der Waals surface area contributed by atoms with Crippen molar-refractivity contribution >= 4 is 33.4 Å². The van der Waals surface area contributed by atoms with E-state index >= 15 is 0 Å². The van der Waals surface area contributed by atoms with Crippen LogP contribution in [0.3, 0.4) is 0 Å². The summed E-state index contributed by atoms with van der Waals surface area (Å²) in [4.78, 5) is 14.0. The molecule has 6 heteroatoms. The van der Waals surface area contributed by atoms with Crippen molar-refractivity contribution in [2.45, 2.75) is 6.04 Å². The number of rotatable bonds is 2. The minimum absolute atomic E-state index is 0.111. The van der Waals surface area contributed by atoms with E-state index in [0.717, 1.165) is 4.47 Å². The van der Waals surface area contributed by atoms with Crippen LogP contribution >= 0.6 is 27.5 Å². The Morgan fingerprint density at radius 1 is 1.61 bits per heavy atom. The quantitative estimate of drug-likeness (QED) is 0.899. The first-order chi connectivity index (χ1) is 8.63. The van der Waals surface area contributed by atoms with Gasteiger partial charge in [0.2, 0.25) is 0 Å². The van der Waals surface area contributed by atoms with Crippen LogP contribution in [-0.4, -0.2) is 48.3 Å². The number of hydrogen-bond donors (Lipinski definition) is 1. The predicted octanol–water partition coefficient (Wildman–Crippen LogP) is 1.94. The lowest BCUT2D eigenvalue weighted by atomic mass is 10.1. The Morgan fingerprint density at radius 2 is 2.39 bits per heavy atom. The van der Waals surface area contributed by atoms with Gasteiger partial charge in [-0.25, -0.2) is 0 Å². The first kappa shape index (κ1) is 13.8. The number of ether oxygens (including phenoxy) is 1. The molecule has 2 rings (SSSR count). The van der Waals surface area contributed by atoms with Gasteiger partial charge in [-0.05, 0) is 18.2 Å². The van der Waals surface area contributed by atoms with Gasteiger partial charge in [-0.15, -0.1) is 0 Å². The Hall–Kier alpha value is -0.620. The summed E-state index contributed by atoms with van der Waals surface area (Å²) in [6.07, 6.45) is 0. The van der Waals surface area contributed by atoms with Crippen molar-refractivity contribution in [1.29, 1.82) is 0 Å². The minimum atomic E-state index is -0.300. The van der Waals surface area contributed by atoms with Crippen molar-refractivity contribution in [1.82, 2.24) is 4.90 Å². The molecule has 0 saturated carbocycles. The Morgan fingerprint density at radius 3 is 3.06 bits per heavy atom. The fraction of sp³-hybridized carbons (Fsp3) is 0.417. The zero-order chi connectivity index (χ0) is 13.1. The maximum Gasteiger partial charge on any atom is 0.255 e. The summed E-state index contributed by atoms with van der Waals surface area (Å²) in [6.45, 7) is 1.20. The van der Waals surface area contributed by atoms with Gasteiger partial charge in [-0.2, -0.15) is 0 Å². The van der Waals surface area contributed by atoms with E-state index in [1.165, 1.54) is 0 Å². The maximum atomic E-state index is 12.4. The van der Waals surface area contributed by atoms with Crippen LogP contribution in [0.1, 0.15) is 10.4 Å². The summed E-state index contributed by atoms with van der Waals surface area (Å²) in [7, 11) is 0. The second-order valence-electron chi connectivity index (χ2n) is 4.03. The van der Waals surface area contributed by atoms with Gasteiger partial charge < -0.3 is 14.7 Å². The molecule has 1 unspecified atom stereocenters. The summed E-state index contributed by atoms with van der Waals surface area (Å²) in [6, 6.07) is 4.83. The lowest BCUT2D eigenvalue weighted by molar-refractivity contribution is -0.0183. The third-order valence-electron chi connectivity index (χ3n) is 2.86. The number of morpholine rings is 1. The number of hydrogen-bond acceptors (Lipinski definition) is 3. The molecule has 1 amide bonds. The van der Waals surface area contributed by atoms with E-state index < -0.39 is 0 Å². The lowest BCUT2D eigenvalue weighted by Gasteiger charge is -2.34. The van der Waals surface area contributed by atoms with Crippen LogP contribution in [0.15, 0.2) is 22.7 Å². The van der Waals surface area contributed by atoms with Crippen LogP contribution in [0.25, 0.3) is 0 Å². The summed E-state index contributed by atoms with van der Waals surface area (Å²) in [5.41, 5.74) is 0.445. The highest BCUT2D eigenvalue weighted by atomic mass is 79.9. The molecule has 1 aromatic rings. The van der Waals surface area contributed by atoms with Gasteiger partial charge in [0.25, 0.3) is 5.91 Å². The summed E-state index contributed by atoms with van der Waals surface area (Å²) in [5.74, 6) is -0.171. The standard InChI is InChI=1S/C12H13BrClNO3/c13-8-1-2-10(11(14)5-8)12(17)15-3-4-18-7-9(15)6-16/h1-2,5,9,16H,3-4,6-7H2. The first-order valence-corrected chi connectivity index (χ1v) is 6.75. The number of aliphatic hydroxyl groups is 1. The molecule has 1 N–H and O–H groups in total. The Labute approximate surface area is 119 Å². The fourth-order valence-corrected chi connectivity index (χ4v) is 2.65. The predicted molar refractivity (Wildman–Crippen MR) is 71.9 cm³/mol. The van der Waals surface area contributed by atoms with Crippen LogP contribution in [0.2, 0.25) is 5.02 Å². The van der Waals surface area contributed by atoms with Crippen molar-refractivity contribution in [3.8, 4) is 0 Å². The molecular weight excluding hydrogens is 321 g/mol. The molecule has 0 spiro atoms. The molecule has 0 aliphatic carbocycles. The van der Waals surface area contributed by atoms with Gasteiger partial charge in [0.05, 0.1) is 36.4 Å². The minimum Gasteiger partial charge on any atom is -0.394 e. The number of aliphatic hydroxyl groups excluding tert-OH is 1. The fourth-order valence-electron chi connectivity index (χ4n) is 1.89. The number of amides is 1. The van der Waals surface area contributed by atoms with Crippen molar-refractivity contribution in [2.75, 3.05) is 26.4 Å². The van der Waals surface area contributed by atoms with Crippen LogP contribution in [0.4, 0.5) is 0 Å². The number of nitrogens with zero attached hydrogens (tertiary/aromatic N) is 1. The number of halogens is 2. The lowest BCUT2D eigenvalue weighted by Crippen LogP contribution is -2.50. The molecule has 1 aromatic carbocycles. The van der Waals surface area contributed by atoms with Gasteiger partial charge in [0.1, 0.15) is 0 Å². The highest BCUT2D eigenvalue weighted by molar-refractivity contribution is 9.10. The van der Waals surface area contributed by atoms with E-state index in [1.807, 2.05) is 0 Å². The second kappa shape index (κ2) is 6.02. The monoisotopic (exact) mass is 333 g/mol. The third kappa shape index (κ3) is 2.85. The summed E-state index contributed by atoms with van der Waals surface area (Å²) < 4.78 is 6.07. The Balaban J connectivity index is 2.24. The van der Waals surface area contributed by atoms with E-state index in [9.17, 15) is 9.90 Å². The van der Waals surface area contributed by atoms with Crippen molar-refractivity contribution < 1.29 is 14.6 Å². The van der Waals surface area contributed by atoms with E-state index in [0.29, 0.717) is 30.3 Å². The zero-order valence-electron chi connectivity index (χ0n) is 9.60. The molecule has 1 fully saturated rings. The average Bonchev–Trinajstić information content (AvgIpc) is 2.38. The van der Waals surface area contributed by atoms with E-state index in [1.54, 1.807) is 23.1 Å². The smallest absolute Gasteiger partial charge is 0.255 e. The van der Waals surface area contributed by atoms with E-state index in [2.05, 4.69) is 15.9 Å². The molecule has 4 nitrogen and oxygen atoms in total. The van der Waals surface area contributed by atoms with Gasteiger partial charge in [0, 0.05) is 11.0 Å². The topological polar surface area (TPSA) is 49.8 Å². The third-order valence-corrected chi connectivity index (χ3v) is 3.67. The highest BCUT2D eigenvalue weighted by Gasteiger charge is 2.28. The molecule has 98 valence electrons. The number of carbonyl (C=O) groups excluding carboxylic acids is 1. The molecule has 0 aromatic heterocycles. The van der Waals surface area contributed by atoms with Gasteiger partial charge in [-0.1, -0.05) is 27.5 Å². The largest absolute Gasteiger partial charge is 0.394 e. The molecular formula is C12H13BrClNO3. The summed E-state index contributed by atoms with van der Waals surface area (Å²) >= 11 is 9.36. The van der Waals surface area contributed by atoms with Gasteiger partial charge in [-0.3, -0.25) is 4.79 Å². The van der Waals surface area contributed by atoms with Crippen LogP contribution in [0.5, 0.6) is 0 Å². The molecule has 1 aliphatic heterocycles. The molecule has 1 aliphatic rings. The van der Waals surface area contributed by atoms with Gasteiger partial charge in [0.15, 0.2) is 0 Å². The average molecular weight is 335 g/mol.